The molecule has 0 saturated heterocycles. The first kappa shape index (κ1) is 19.3. The van der Waals surface area contributed by atoms with E-state index in [1.54, 1.807) is 35.1 Å². The van der Waals surface area contributed by atoms with Crippen molar-refractivity contribution in [3.8, 4) is 17.0 Å². The van der Waals surface area contributed by atoms with Crippen LogP contribution >= 0.6 is 22.7 Å². The van der Waals surface area contributed by atoms with Crippen LogP contribution in [0.5, 0.6) is 5.75 Å². The van der Waals surface area contributed by atoms with Gasteiger partial charge in [0.15, 0.2) is 16.7 Å². The largest absolute Gasteiger partial charge is 0.486 e. The maximum Gasteiger partial charge on any atom is 0.267 e. The van der Waals surface area contributed by atoms with Crippen LogP contribution in [0.15, 0.2) is 47.3 Å². The fourth-order valence-corrected chi connectivity index (χ4v) is 4.15. The summed E-state index contributed by atoms with van der Waals surface area (Å²) >= 11 is 2.66. The third-order valence-corrected chi connectivity index (χ3v) is 6.08. The van der Waals surface area contributed by atoms with Gasteiger partial charge in [-0.3, -0.25) is 14.8 Å². The molecule has 0 aliphatic heterocycles. The van der Waals surface area contributed by atoms with Crippen molar-refractivity contribution in [3.05, 3.63) is 69.2 Å². The van der Waals surface area contributed by atoms with Crippen LogP contribution in [0.1, 0.15) is 20.9 Å². The van der Waals surface area contributed by atoms with E-state index >= 15 is 0 Å². The number of hydrogen-bond donors (Lipinski definition) is 1. The molecule has 0 aliphatic carbocycles. The second-order valence-corrected chi connectivity index (χ2v) is 8.07. The molecule has 148 valence electrons. The minimum Gasteiger partial charge on any atom is -0.486 e. The van der Waals surface area contributed by atoms with Gasteiger partial charge in [-0.1, -0.05) is 12.1 Å². The Kier molecular flexibility index (Phi) is 5.41. The lowest BCUT2D eigenvalue weighted by Gasteiger charge is -2.05. The minimum absolute atomic E-state index is 0.186. The van der Waals surface area contributed by atoms with Crippen LogP contribution in [0.2, 0.25) is 0 Å². The van der Waals surface area contributed by atoms with Gasteiger partial charge in [-0.15, -0.1) is 22.7 Å². The highest BCUT2D eigenvalue weighted by Gasteiger charge is 2.15. The molecule has 0 aliphatic rings. The number of hydrogen-bond acceptors (Lipinski definition) is 6. The number of benzene rings is 1. The zero-order valence-electron chi connectivity index (χ0n) is 15.7. The molecule has 0 saturated carbocycles. The molecule has 29 heavy (non-hydrogen) atoms. The first-order chi connectivity index (χ1) is 14.0. The van der Waals surface area contributed by atoms with Crippen molar-refractivity contribution < 1.29 is 13.9 Å². The molecule has 0 radical (unpaired) electrons. The summed E-state index contributed by atoms with van der Waals surface area (Å²) in [5.74, 6) is -0.467. The number of nitrogens with zero attached hydrogens (tertiary/aromatic N) is 3. The van der Waals surface area contributed by atoms with Gasteiger partial charge in [-0.05, 0) is 30.5 Å². The molecule has 9 heteroatoms. The molecule has 3 aromatic heterocycles. The van der Waals surface area contributed by atoms with Crippen LogP contribution < -0.4 is 10.1 Å². The van der Waals surface area contributed by atoms with E-state index in [-0.39, 0.29) is 18.3 Å². The van der Waals surface area contributed by atoms with Crippen LogP contribution in [-0.2, 0) is 13.7 Å². The lowest BCUT2D eigenvalue weighted by molar-refractivity contribution is 0.103. The number of para-hydroxylation sites is 1. The van der Waals surface area contributed by atoms with E-state index in [2.05, 4.69) is 15.4 Å². The van der Waals surface area contributed by atoms with Crippen LogP contribution in [0, 0.1) is 12.7 Å². The normalized spacial score (nSPS) is 10.9. The average molecular weight is 429 g/mol. The standard InChI is InChI=1S/C20H17FN4O2S2/c1-12-14(8-22-25(12)2)16-11-29-20(23-16)24-19(26)18-7-13(10-28-18)9-27-17-6-4-3-5-15(17)21/h3-8,10-11H,9H2,1-2H3,(H,23,24,26). The van der Waals surface area contributed by atoms with Crippen molar-refractivity contribution in [1.29, 1.82) is 0 Å². The van der Waals surface area contributed by atoms with Gasteiger partial charge in [-0.25, -0.2) is 9.37 Å². The number of aryl methyl sites for hydroxylation is 1. The summed E-state index contributed by atoms with van der Waals surface area (Å²) in [5.41, 5.74) is 3.52. The average Bonchev–Trinajstić information content (AvgIpc) is 3.43. The van der Waals surface area contributed by atoms with Crippen molar-refractivity contribution in [2.24, 2.45) is 7.05 Å². The van der Waals surface area contributed by atoms with Gasteiger partial charge in [0.25, 0.3) is 5.91 Å². The highest BCUT2D eigenvalue weighted by Crippen LogP contribution is 2.28. The highest BCUT2D eigenvalue weighted by atomic mass is 32.1. The van der Waals surface area contributed by atoms with Gasteiger partial charge >= 0.3 is 0 Å². The van der Waals surface area contributed by atoms with Gasteiger partial charge in [0, 0.05) is 29.2 Å². The van der Waals surface area contributed by atoms with Gasteiger partial charge in [-0.2, -0.15) is 5.10 Å². The summed E-state index contributed by atoms with van der Waals surface area (Å²) in [4.78, 5) is 17.5. The Hall–Kier alpha value is -3.04. The number of carbonyl (C=O) groups excluding carboxylic acids is 1. The molecule has 0 unspecified atom stereocenters. The zero-order valence-corrected chi connectivity index (χ0v) is 17.3. The number of amides is 1. The number of anilines is 1. The number of ether oxygens (including phenoxy) is 1. The number of rotatable bonds is 6. The summed E-state index contributed by atoms with van der Waals surface area (Å²) in [6.07, 6.45) is 1.76. The maximum atomic E-state index is 13.6. The van der Waals surface area contributed by atoms with E-state index in [1.165, 1.54) is 28.7 Å². The van der Waals surface area contributed by atoms with Gasteiger partial charge in [0.05, 0.1) is 16.8 Å². The Morgan fingerprint density at radius 2 is 2.10 bits per heavy atom. The van der Waals surface area contributed by atoms with E-state index in [1.807, 2.05) is 24.7 Å². The number of carbonyl (C=O) groups is 1. The molecule has 4 rings (SSSR count). The maximum absolute atomic E-state index is 13.6. The van der Waals surface area contributed by atoms with Crippen molar-refractivity contribution in [2.45, 2.75) is 13.5 Å². The fourth-order valence-electron chi connectivity index (χ4n) is 2.66. The zero-order chi connectivity index (χ0) is 20.4. The lowest BCUT2D eigenvalue weighted by Crippen LogP contribution is -2.09. The topological polar surface area (TPSA) is 69.0 Å². The SMILES string of the molecule is Cc1c(-c2csc(NC(=O)c3cc(COc4ccccc4F)cs3)n2)cnn1C. The van der Waals surface area contributed by atoms with E-state index in [0.29, 0.717) is 10.0 Å². The number of nitrogens with one attached hydrogen (secondary N) is 1. The predicted molar refractivity (Wildman–Crippen MR) is 112 cm³/mol. The summed E-state index contributed by atoms with van der Waals surface area (Å²) in [7, 11) is 1.87. The van der Waals surface area contributed by atoms with Gasteiger partial charge < -0.3 is 4.74 Å². The van der Waals surface area contributed by atoms with Crippen LogP contribution in [0.3, 0.4) is 0 Å². The third kappa shape index (κ3) is 4.20. The predicted octanol–water partition coefficient (Wildman–Crippen LogP) is 4.88. The first-order valence-corrected chi connectivity index (χ1v) is 10.5. The number of thiophene rings is 1. The van der Waals surface area contributed by atoms with Crippen LogP contribution in [-0.4, -0.2) is 20.7 Å². The first-order valence-electron chi connectivity index (χ1n) is 8.72. The van der Waals surface area contributed by atoms with E-state index in [9.17, 15) is 9.18 Å². The molecule has 1 amide bonds. The summed E-state index contributed by atoms with van der Waals surface area (Å²) in [6, 6.07) is 7.96. The van der Waals surface area contributed by atoms with Crippen molar-refractivity contribution in [1.82, 2.24) is 14.8 Å². The number of thiazole rings is 1. The van der Waals surface area contributed by atoms with Crippen molar-refractivity contribution >= 4 is 33.7 Å². The van der Waals surface area contributed by atoms with Crippen molar-refractivity contribution in [3.63, 3.8) is 0 Å². The smallest absolute Gasteiger partial charge is 0.267 e. The van der Waals surface area contributed by atoms with Crippen molar-refractivity contribution in [2.75, 3.05) is 5.32 Å². The molecular weight excluding hydrogens is 411 g/mol. The molecule has 1 aromatic carbocycles. The van der Waals surface area contributed by atoms with Crippen LogP contribution in [0.25, 0.3) is 11.3 Å². The molecule has 6 nitrogen and oxygen atoms in total. The highest BCUT2D eigenvalue weighted by molar-refractivity contribution is 7.14. The second-order valence-electron chi connectivity index (χ2n) is 6.30. The molecule has 0 fully saturated rings. The lowest BCUT2D eigenvalue weighted by atomic mass is 10.2. The van der Waals surface area contributed by atoms with Crippen LogP contribution in [0.4, 0.5) is 9.52 Å². The molecule has 1 N–H and O–H groups in total. The molecule has 3 heterocycles. The Morgan fingerprint density at radius 3 is 2.86 bits per heavy atom. The Bertz CT molecular complexity index is 1160. The summed E-state index contributed by atoms with van der Waals surface area (Å²) in [5, 5.41) is 11.3. The summed E-state index contributed by atoms with van der Waals surface area (Å²) in [6.45, 7) is 2.16. The summed E-state index contributed by atoms with van der Waals surface area (Å²) < 4.78 is 20.9. The molecule has 0 atom stereocenters. The Morgan fingerprint density at radius 1 is 1.28 bits per heavy atom. The van der Waals surface area contributed by atoms with Gasteiger partial charge in [0.1, 0.15) is 6.61 Å². The van der Waals surface area contributed by atoms with E-state index in [0.717, 1.165) is 22.5 Å². The monoisotopic (exact) mass is 428 g/mol. The fraction of sp³-hybridized carbons (Fsp3) is 0.150. The van der Waals surface area contributed by atoms with E-state index in [4.69, 9.17) is 4.74 Å². The van der Waals surface area contributed by atoms with E-state index < -0.39 is 5.82 Å². The third-order valence-electron chi connectivity index (χ3n) is 4.34. The molecule has 0 bridgehead atoms. The quantitative estimate of drug-likeness (QED) is 0.475. The van der Waals surface area contributed by atoms with Gasteiger partial charge in [0.2, 0.25) is 0 Å². The molecular formula is C20H17FN4O2S2. The number of halogens is 1. The minimum atomic E-state index is -0.413. The number of aromatic nitrogens is 3. The molecule has 4 aromatic rings. The Balaban J connectivity index is 1.39. The molecule has 0 spiro atoms. The second kappa shape index (κ2) is 8.14. The Labute approximate surface area is 174 Å².